The minimum atomic E-state index is -0.137. The summed E-state index contributed by atoms with van der Waals surface area (Å²) in [5.74, 6) is 0.0305. The van der Waals surface area contributed by atoms with E-state index >= 15 is 0 Å². The summed E-state index contributed by atoms with van der Waals surface area (Å²) in [5, 5.41) is 20.1. The maximum atomic E-state index is 11.7. The lowest BCUT2D eigenvalue weighted by Crippen LogP contribution is -2.29. The van der Waals surface area contributed by atoms with E-state index in [1.54, 1.807) is 10.9 Å². The third-order valence-corrected chi connectivity index (χ3v) is 3.95. The third kappa shape index (κ3) is 3.72. The highest BCUT2D eigenvalue weighted by Gasteiger charge is 2.23. The van der Waals surface area contributed by atoms with Crippen LogP contribution in [0.4, 0.5) is 5.69 Å². The molecule has 110 valence electrons. The molecule has 0 saturated heterocycles. The van der Waals surface area contributed by atoms with Crippen molar-refractivity contribution in [3.8, 4) is 0 Å². The van der Waals surface area contributed by atoms with Gasteiger partial charge in [-0.15, -0.1) is 0 Å². The highest BCUT2D eigenvalue weighted by atomic mass is 16.3. The Morgan fingerprint density at radius 2 is 1.95 bits per heavy atom. The molecule has 2 fully saturated rings. The molecule has 1 aromatic rings. The van der Waals surface area contributed by atoms with Crippen LogP contribution in [-0.2, 0) is 11.3 Å². The molecule has 0 unspecified atom stereocenters. The van der Waals surface area contributed by atoms with Crippen LogP contribution in [0.3, 0.4) is 0 Å². The van der Waals surface area contributed by atoms with Crippen molar-refractivity contribution in [2.75, 3.05) is 5.32 Å². The van der Waals surface area contributed by atoms with Crippen molar-refractivity contribution in [1.29, 1.82) is 0 Å². The first-order valence-corrected chi connectivity index (χ1v) is 7.45. The number of nitrogens with zero attached hydrogens (tertiary/aromatic N) is 2. The zero-order chi connectivity index (χ0) is 13.9. The van der Waals surface area contributed by atoms with Gasteiger partial charge in [-0.05, 0) is 38.5 Å². The number of hydrogen-bond donors (Lipinski definition) is 3. The fourth-order valence-corrected chi connectivity index (χ4v) is 2.63. The number of carbonyl (C=O) groups is 1. The van der Waals surface area contributed by atoms with Gasteiger partial charge in [-0.1, -0.05) is 0 Å². The molecule has 0 bridgehead atoms. The van der Waals surface area contributed by atoms with Crippen molar-refractivity contribution in [3.05, 3.63) is 12.4 Å². The zero-order valence-corrected chi connectivity index (χ0v) is 11.6. The first kappa shape index (κ1) is 13.4. The molecule has 0 spiro atoms. The summed E-state index contributed by atoms with van der Waals surface area (Å²) in [4.78, 5) is 11.7. The first-order valence-electron chi connectivity index (χ1n) is 7.45. The van der Waals surface area contributed by atoms with Crippen molar-refractivity contribution in [3.63, 3.8) is 0 Å². The number of amides is 1. The van der Waals surface area contributed by atoms with Crippen LogP contribution in [0.25, 0.3) is 0 Å². The molecular weight excluding hydrogens is 256 g/mol. The van der Waals surface area contributed by atoms with Crippen LogP contribution < -0.4 is 10.6 Å². The van der Waals surface area contributed by atoms with E-state index in [1.165, 1.54) is 0 Å². The second-order valence-electron chi connectivity index (χ2n) is 5.92. The van der Waals surface area contributed by atoms with Crippen molar-refractivity contribution in [2.24, 2.45) is 0 Å². The van der Waals surface area contributed by atoms with Crippen molar-refractivity contribution in [2.45, 2.75) is 63.3 Å². The molecule has 3 N–H and O–H groups in total. The number of anilines is 1. The molecular formula is C14H22N4O2. The third-order valence-electron chi connectivity index (χ3n) is 3.95. The maximum Gasteiger partial charge on any atom is 0.241 e. The topological polar surface area (TPSA) is 79.2 Å². The normalized spacial score (nSPS) is 26.2. The first-order chi connectivity index (χ1) is 9.69. The molecule has 2 aliphatic carbocycles. The Hall–Kier alpha value is -1.56. The molecule has 3 rings (SSSR count). The van der Waals surface area contributed by atoms with Gasteiger partial charge < -0.3 is 15.7 Å². The Labute approximate surface area is 118 Å². The Morgan fingerprint density at radius 1 is 1.25 bits per heavy atom. The maximum absolute atomic E-state index is 11.7. The van der Waals surface area contributed by atoms with Gasteiger partial charge in [0.05, 0.1) is 18.0 Å². The predicted molar refractivity (Wildman–Crippen MR) is 75.3 cm³/mol. The van der Waals surface area contributed by atoms with Crippen molar-refractivity contribution >= 4 is 11.6 Å². The molecule has 1 amide bonds. The fraction of sp³-hybridized carbons (Fsp3) is 0.714. The quantitative estimate of drug-likeness (QED) is 0.747. The summed E-state index contributed by atoms with van der Waals surface area (Å²) in [6, 6.07) is 0.792. The van der Waals surface area contributed by atoms with Crippen LogP contribution in [0.1, 0.15) is 38.5 Å². The Balaban J connectivity index is 1.47. The van der Waals surface area contributed by atoms with Gasteiger partial charge >= 0.3 is 0 Å². The number of aliphatic hydroxyl groups excluding tert-OH is 1. The van der Waals surface area contributed by atoms with Crippen LogP contribution in [0.5, 0.6) is 0 Å². The Kier molecular flexibility index (Phi) is 3.91. The molecule has 2 saturated carbocycles. The van der Waals surface area contributed by atoms with Gasteiger partial charge in [0.25, 0.3) is 0 Å². The second-order valence-corrected chi connectivity index (χ2v) is 5.92. The molecule has 6 heteroatoms. The zero-order valence-electron chi connectivity index (χ0n) is 11.6. The molecule has 0 radical (unpaired) electrons. The van der Waals surface area contributed by atoms with Crippen molar-refractivity contribution < 1.29 is 9.90 Å². The number of hydrogen-bond acceptors (Lipinski definition) is 4. The van der Waals surface area contributed by atoms with E-state index in [1.807, 2.05) is 6.20 Å². The van der Waals surface area contributed by atoms with E-state index in [2.05, 4.69) is 15.7 Å². The minimum Gasteiger partial charge on any atom is -0.393 e. The van der Waals surface area contributed by atoms with Crippen LogP contribution >= 0.6 is 0 Å². The Bertz CT molecular complexity index is 461. The van der Waals surface area contributed by atoms with Crippen LogP contribution in [0.2, 0.25) is 0 Å². The lowest BCUT2D eigenvalue weighted by Gasteiger charge is -2.26. The van der Waals surface area contributed by atoms with Gasteiger partial charge in [-0.25, -0.2) is 0 Å². The van der Waals surface area contributed by atoms with Gasteiger partial charge in [0.1, 0.15) is 6.54 Å². The second kappa shape index (κ2) is 5.83. The molecule has 1 heterocycles. The molecule has 1 aromatic heterocycles. The van der Waals surface area contributed by atoms with E-state index in [4.69, 9.17) is 0 Å². The van der Waals surface area contributed by atoms with Gasteiger partial charge in [0, 0.05) is 18.3 Å². The number of aromatic nitrogens is 2. The highest BCUT2D eigenvalue weighted by Crippen LogP contribution is 2.22. The van der Waals surface area contributed by atoms with Crippen LogP contribution in [-0.4, -0.2) is 39.0 Å². The summed E-state index contributed by atoms with van der Waals surface area (Å²) in [6.45, 7) is 0.279. The number of carbonyl (C=O) groups excluding carboxylic acids is 1. The summed E-state index contributed by atoms with van der Waals surface area (Å²) in [7, 11) is 0. The lowest BCUT2D eigenvalue weighted by molar-refractivity contribution is -0.122. The summed E-state index contributed by atoms with van der Waals surface area (Å²) in [5.41, 5.74) is 0.950. The van der Waals surface area contributed by atoms with E-state index in [0.29, 0.717) is 12.1 Å². The van der Waals surface area contributed by atoms with E-state index in [0.717, 1.165) is 44.2 Å². The van der Waals surface area contributed by atoms with E-state index in [-0.39, 0.29) is 18.6 Å². The van der Waals surface area contributed by atoms with Crippen LogP contribution in [0, 0.1) is 0 Å². The van der Waals surface area contributed by atoms with Gasteiger partial charge in [0.2, 0.25) is 5.91 Å². The standard InChI is InChI=1S/C14H22N4O2/c19-13-5-3-10(4-6-13)16-12-7-15-18(8-12)9-14(20)17-11-1-2-11/h7-8,10-11,13,16,19H,1-6,9H2,(H,17,20). The number of rotatable bonds is 5. The van der Waals surface area contributed by atoms with Crippen molar-refractivity contribution in [1.82, 2.24) is 15.1 Å². The number of aliphatic hydroxyl groups is 1. The van der Waals surface area contributed by atoms with Gasteiger partial charge in [-0.2, -0.15) is 5.10 Å². The largest absolute Gasteiger partial charge is 0.393 e. The molecule has 2 aliphatic rings. The minimum absolute atomic E-state index is 0.0305. The fourth-order valence-electron chi connectivity index (χ4n) is 2.63. The molecule has 0 aliphatic heterocycles. The van der Waals surface area contributed by atoms with E-state index < -0.39 is 0 Å². The summed E-state index contributed by atoms with van der Waals surface area (Å²) in [6.07, 6.45) is 9.37. The average molecular weight is 278 g/mol. The SMILES string of the molecule is O=C(Cn1cc(NC2CCC(O)CC2)cn1)NC1CC1. The smallest absolute Gasteiger partial charge is 0.241 e. The number of nitrogens with one attached hydrogen (secondary N) is 2. The molecule has 6 nitrogen and oxygen atoms in total. The Morgan fingerprint density at radius 3 is 2.65 bits per heavy atom. The monoisotopic (exact) mass is 278 g/mol. The molecule has 20 heavy (non-hydrogen) atoms. The average Bonchev–Trinajstić information content (AvgIpc) is 3.12. The molecule has 0 atom stereocenters. The summed E-state index contributed by atoms with van der Waals surface area (Å²) < 4.78 is 1.66. The van der Waals surface area contributed by atoms with Gasteiger partial charge in [0.15, 0.2) is 0 Å². The summed E-state index contributed by atoms with van der Waals surface area (Å²) >= 11 is 0. The van der Waals surface area contributed by atoms with E-state index in [9.17, 15) is 9.90 Å². The van der Waals surface area contributed by atoms with Crippen LogP contribution in [0.15, 0.2) is 12.4 Å². The molecule has 0 aromatic carbocycles. The highest BCUT2D eigenvalue weighted by molar-refractivity contribution is 5.76. The predicted octanol–water partition coefficient (Wildman–Crippen LogP) is 0.877. The van der Waals surface area contributed by atoms with Gasteiger partial charge in [-0.3, -0.25) is 9.48 Å². The lowest BCUT2D eigenvalue weighted by atomic mass is 9.93.